The zero-order chi connectivity index (χ0) is 23.7. The average molecular weight is 469 g/mol. The molecule has 1 amide bonds. The smallest absolute Gasteiger partial charge is 0.261 e. The lowest BCUT2D eigenvalue weighted by atomic mass is 10.1. The second kappa shape index (κ2) is 11.4. The molecule has 174 valence electrons. The van der Waals surface area contributed by atoms with Crippen LogP contribution in [0.25, 0.3) is 0 Å². The van der Waals surface area contributed by atoms with Crippen LogP contribution in [-0.4, -0.2) is 34.1 Å². The molecule has 3 rings (SSSR count). The molecule has 0 aromatic heterocycles. The van der Waals surface area contributed by atoms with Gasteiger partial charge in [0.25, 0.3) is 15.9 Å². The van der Waals surface area contributed by atoms with Crippen LogP contribution in [0.4, 0.5) is 5.69 Å². The van der Waals surface area contributed by atoms with E-state index in [0.29, 0.717) is 48.9 Å². The Labute approximate surface area is 194 Å². The van der Waals surface area contributed by atoms with Crippen LogP contribution in [0.5, 0.6) is 11.5 Å². The van der Waals surface area contributed by atoms with Crippen molar-refractivity contribution in [2.45, 2.75) is 25.2 Å². The van der Waals surface area contributed by atoms with E-state index in [0.717, 1.165) is 5.56 Å². The van der Waals surface area contributed by atoms with E-state index in [-0.39, 0.29) is 10.8 Å². The number of nitrogens with one attached hydrogen (secondary N) is 2. The highest BCUT2D eigenvalue weighted by Gasteiger charge is 2.14. The normalized spacial score (nSPS) is 11.0. The number of rotatable bonds is 11. The number of anilines is 1. The van der Waals surface area contributed by atoms with E-state index in [9.17, 15) is 13.2 Å². The molecule has 0 saturated carbocycles. The number of carbonyl (C=O) groups excluding carboxylic acids is 1. The minimum atomic E-state index is -3.68. The molecule has 33 heavy (non-hydrogen) atoms. The van der Waals surface area contributed by atoms with Gasteiger partial charge in [-0.25, -0.2) is 8.42 Å². The number of sulfonamides is 1. The standard InChI is InChI=1S/C25H28N2O5S/c1-3-31-23-15-10-19(18-24(23)32-4-2)16-17-26-25(28)20-11-13-21(14-12-20)27-33(29,30)22-8-6-5-7-9-22/h5-15,18,27H,3-4,16-17H2,1-2H3,(H,26,28). The highest BCUT2D eigenvalue weighted by molar-refractivity contribution is 7.92. The van der Waals surface area contributed by atoms with Crippen molar-refractivity contribution in [3.63, 3.8) is 0 Å². The maximum absolute atomic E-state index is 12.5. The Hall–Kier alpha value is -3.52. The average Bonchev–Trinajstić information content (AvgIpc) is 2.82. The third kappa shape index (κ3) is 6.73. The molecule has 0 bridgehead atoms. The van der Waals surface area contributed by atoms with E-state index in [2.05, 4.69) is 10.0 Å². The molecule has 7 nitrogen and oxygen atoms in total. The Morgan fingerprint density at radius 1 is 0.848 bits per heavy atom. The maximum atomic E-state index is 12.5. The summed E-state index contributed by atoms with van der Waals surface area (Å²) >= 11 is 0. The topological polar surface area (TPSA) is 93.7 Å². The van der Waals surface area contributed by atoms with Crippen LogP contribution < -0.4 is 19.5 Å². The second-order valence-corrected chi connectivity index (χ2v) is 8.83. The third-order valence-corrected chi connectivity index (χ3v) is 6.16. The highest BCUT2D eigenvalue weighted by atomic mass is 32.2. The molecule has 0 spiro atoms. The van der Waals surface area contributed by atoms with Crippen molar-refractivity contribution < 1.29 is 22.7 Å². The van der Waals surface area contributed by atoms with Crippen LogP contribution in [0.15, 0.2) is 77.7 Å². The maximum Gasteiger partial charge on any atom is 0.261 e. The van der Waals surface area contributed by atoms with Crippen molar-refractivity contribution in [2.24, 2.45) is 0 Å². The van der Waals surface area contributed by atoms with Crippen LogP contribution in [0.1, 0.15) is 29.8 Å². The summed E-state index contributed by atoms with van der Waals surface area (Å²) in [4.78, 5) is 12.6. The van der Waals surface area contributed by atoms with Gasteiger partial charge in [0.05, 0.1) is 18.1 Å². The summed E-state index contributed by atoms with van der Waals surface area (Å²) in [6, 6.07) is 20.2. The molecule has 2 N–H and O–H groups in total. The molecule has 3 aromatic rings. The van der Waals surface area contributed by atoms with E-state index in [1.54, 1.807) is 42.5 Å². The van der Waals surface area contributed by atoms with Gasteiger partial charge in [-0.05, 0) is 74.4 Å². The Kier molecular flexibility index (Phi) is 8.32. The van der Waals surface area contributed by atoms with Crippen molar-refractivity contribution in [1.82, 2.24) is 5.32 Å². The summed E-state index contributed by atoms with van der Waals surface area (Å²) in [6.07, 6.45) is 0.632. The number of hydrogen-bond donors (Lipinski definition) is 2. The molecule has 0 unspecified atom stereocenters. The van der Waals surface area contributed by atoms with Crippen LogP contribution >= 0.6 is 0 Å². The Morgan fingerprint density at radius 3 is 2.18 bits per heavy atom. The molecule has 0 aliphatic rings. The summed E-state index contributed by atoms with van der Waals surface area (Å²) < 4.78 is 38.5. The number of benzene rings is 3. The van der Waals surface area contributed by atoms with Gasteiger partial charge in [0.1, 0.15) is 0 Å². The van der Waals surface area contributed by atoms with E-state index >= 15 is 0 Å². The van der Waals surface area contributed by atoms with Gasteiger partial charge in [-0.1, -0.05) is 24.3 Å². The Bertz CT molecular complexity index is 1160. The van der Waals surface area contributed by atoms with Gasteiger partial charge in [0.2, 0.25) is 0 Å². The van der Waals surface area contributed by atoms with Gasteiger partial charge in [-0.3, -0.25) is 9.52 Å². The van der Waals surface area contributed by atoms with Crippen LogP contribution in [0, 0.1) is 0 Å². The van der Waals surface area contributed by atoms with E-state index < -0.39 is 10.0 Å². The lowest BCUT2D eigenvalue weighted by Gasteiger charge is -2.13. The largest absolute Gasteiger partial charge is 0.490 e. The molecule has 0 saturated heterocycles. The summed E-state index contributed by atoms with van der Waals surface area (Å²) in [5, 5.41) is 2.88. The lowest BCUT2D eigenvalue weighted by molar-refractivity contribution is 0.0954. The zero-order valence-corrected chi connectivity index (χ0v) is 19.5. The minimum Gasteiger partial charge on any atom is -0.490 e. The highest BCUT2D eigenvalue weighted by Crippen LogP contribution is 2.28. The predicted molar refractivity (Wildman–Crippen MR) is 129 cm³/mol. The SMILES string of the molecule is CCOc1ccc(CCNC(=O)c2ccc(NS(=O)(=O)c3ccccc3)cc2)cc1OCC. The first-order valence-corrected chi connectivity index (χ1v) is 12.3. The molecule has 0 radical (unpaired) electrons. The lowest BCUT2D eigenvalue weighted by Crippen LogP contribution is -2.25. The quantitative estimate of drug-likeness (QED) is 0.439. The summed E-state index contributed by atoms with van der Waals surface area (Å²) in [5.74, 6) is 1.16. The van der Waals surface area contributed by atoms with Crippen molar-refractivity contribution in [3.05, 3.63) is 83.9 Å². The number of amides is 1. The van der Waals surface area contributed by atoms with Crippen molar-refractivity contribution in [2.75, 3.05) is 24.5 Å². The summed E-state index contributed by atoms with van der Waals surface area (Å²) in [6.45, 7) is 5.38. The molecular formula is C25H28N2O5S. The van der Waals surface area contributed by atoms with Gasteiger partial charge in [0.15, 0.2) is 11.5 Å². The van der Waals surface area contributed by atoms with Crippen LogP contribution in [0.2, 0.25) is 0 Å². The molecule has 3 aromatic carbocycles. The molecule has 0 heterocycles. The fraction of sp³-hybridized carbons (Fsp3) is 0.240. The molecule has 8 heteroatoms. The van der Waals surface area contributed by atoms with E-state index in [4.69, 9.17) is 9.47 Å². The number of carbonyl (C=O) groups is 1. The first kappa shape index (κ1) is 24.1. The summed E-state index contributed by atoms with van der Waals surface area (Å²) in [7, 11) is -3.68. The van der Waals surface area contributed by atoms with Crippen molar-refractivity contribution >= 4 is 21.6 Å². The van der Waals surface area contributed by atoms with Gasteiger partial charge >= 0.3 is 0 Å². The van der Waals surface area contributed by atoms with Gasteiger partial charge in [-0.15, -0.1) is 0 Å². The Balaban J connectivity index is 1.55. The third-order valence-electron chi connectivity index (χ3n) is 4.76. The second-order valence-electron chi connectivity index (χ2n) is 7.15. The Morgan fingerprint density at radius 2 is 1.52 bits per heavy atom. The number of ether oxygens (including phenoxy) is 2. The molecule has 0 fully saturated rings. The van der Waals surface area contributed by atoms with E-state index in [1.165, 1.54) is 12.1 Å². The van der Waals surface area contributed by atoms with Gasteiger partial charge in [0, 0.05) is 17.8 Å². The summed E-state index contributed by atoms with van der Waals surface area (Å²) in [5.41, 5.74) is 1.85. The van der Waals surface area contributed by atoms with Crippen LogP contribution in [0.3, 0.4) is 0 Å². The van der Waals surface area contributed by atoms with Crippen molar-refractivity contribution in [3.8, 4) is 11.5 Å². The first-order valence-electron chi connectivity index (χ1n) is 10.8. The zero-order valence-electron chi connectivity index (χ0n) is 18.7. The van der Waals surface area contributed by atoms with Crippen LogP contribution in [-0.2, 0) is 16.4 Å². The fourth-order valence-corrected chi connectivity index (χ4v) is 4.26. The molecule has 0 atom stereocenters. The van der Waals surface area contributed by atoms with Gasteiger partial charge in [-0.2, -0.15) is 0 Å². The fourth-order valence-electron chi connectivity index (χ4n) is 3.18. The molecule has 0 aliphatic carbocycles. The monoisotopic (exact) mass is 468 g/mol. The first-order chi connectivity index (χ1) is 15.9. The van der Waals surface area contributed by atoms with E-state index in [1.807, 2.05) is 32.0 Å². The number of hydrogen-bond acceptors (Lipinski definition) is 5. The molecular weight excluding hydrogens is 440 g/mol. The van der Waals surface area contributed by atoms with Gasteiger partial charge < -0.3 is 14.8 Å². The molecule has 0 aliphatic heterocycles. The minimum absolute atomic E-state index is 0.175. The van der Waals surface area contributed by atoms with Crippen molar-refractivity contribution in [1.29, 1.82) is 0 Å². The predicted octanol–water partition coefficient (Wildman–Crippen LogP) is 4.26.